The van der Waals surface area contributed by atoms with Crippen LogP contribution in [0.25, 0.3) is 0 Å². The average Bonchev–Trinajstić information content (AvgIpc) is 2.78. The van der Waals surface area contributed by atoms with Gasteiger partial charge in [0.1, 0.15) is 0 Å². The maximum Gasteiger partial charge on any atom is 0.0587 e. The number of aryl methyl sites for hydroxylation is 1. The van der Waals surface area contributed by atoms with Gasteiger partial charge in [-0.1, -0.05) is 54.6 Å². The number of nitriles is 1. The van der Waals surface area contributed by atoms with Gasteiger partial charge in [0.05, 0.1) is 6.07 Å². The van der Waals surface area contributed by atoms with Crippen molar-refractivity contribution in [3.63, 3.8) is 0 Å². The molecular weight excluding hydrogens is 400 g/mol. The van der Waals surface area contributed by atoms with Crippen LogP contribution < -0.4 is 0 Å². The molecular formula is C28H39ClN2. The molecule has 0 atom stereocenters. The van der Waals surface area contributed by atoms with Gasteiger partial charge in [0.2, 0.25) is 0 Å². The van der Waals surface area contributed by atoms with Gasteiger partial charge in [-0.25, -0.2) is 0 Å². The summed E-state index contributed by atoms with van der Waals surface area (Å²) in [5.41, 5.74) is 4.42. The van der Waals surface area contributed by atoms with Gasteiger partial charge in [-0.15, -0.1) is 11.6 Å². The maximum atomic E-state index is 7.32. The highest BCUT2D eigenvalue weighted by Crippen LogP contribution is 2.34. The Kier molecular flexibility index (Phi) is 11.7. The van der Waals surface area contributed by atoms with E-state index in [1.54, 1.807) is 6.07 Å². The molecule has 0 unspecified atom stereocenters. The first-order chi connectivity index (χ1) is 15.0. The van der Waals surface area contributed by atoms with Crippen LogP contribution in [0.3, 0.4) is 0 Å². The molecule has 3 rings (SSSR count). The van der Waals surface area contributed by atoms with Crippen molar-refractivity contribution in [2.75, 3.05) is 13.1 Å². The van der Waals surface area contributed by atoms with Crippen LogP contribution in [0.2, 0.25) is 0 Å². The minimum Gasteiger partial charge on any atom is -0.301 e. The molecule has 2 aromatic carbocycles. The summed E-state index contributed by atoms with van der Waals surface area (Å²) in [6, 6.07) is 22.6. The van der Waals surface area contributed by atoms with E-state index in [0.717, 1.165) is 18.9 Å². The number of rotatable bonds is 9. The third-order valence-corrected chi connectivity index (χ3v) is 6.72. The van der Waals surface area contributed by atoms with E-state index in [1.165, 1.54) is 68.7 Å². The SMILES string of the molecule is CC#N.CC(C)N(CCCc1ccc(C2CCC(Cl)CC2)cc1)CCc1ccccc1. The van der Waals surface area contributed by atoms with Crippen LogP contribution in [0, 0.1) is 11.3 Å². The molecule has 0 aromatic heterocycles. The van der Waals surface area contributed by atoms with Crippen molar-refractivity contribution in [2.24, 2.45) is 0 Å². The van der Waals surface area contributed by atoms with Gasteiger partial charge in [-0.2, -0.15) is 5.26 Å². The van der Waals surface area contributed by atoms with E-state index < -0.39 is 0 Å². The summed E-state index contributed by atoms with van der Waals surface area (Å²) >= 11 is 6.25. The summed E-state index contributed by atoms with van der Waals surface area (Å²) in [4.78, 5) is 2.62. The van der Waals surface area contributed by atoms with Crippen molar-refractivity contribution < 1.29 is 0 Å². The lowest BCUT2D eigenvalue weighted by molar-refractivity contribution is 0.222. The van der Waals surface area contributed by atoms with E-state index in [1.807, 2.05) is 0 Å². The fourth-order valence-electron chi connectivity index (χ4n) is 4.37. The first-order valence-corrected chi connectivity index (χ1v) is 12.3. The molecule has 0 heterocycles. The normalized spacial score (nSPS) is 18.4. The molecule has 0 aliphatic heterocycles. The number of halogens is 1. The lowest BCUT2D eigenvalue weighted by Crippen LogP contribution is -2.34. The van der Waals surface area contributed by atoms with Gasteiger partial charge in [0.25, 0.3) is 0 Å². The molecule has 2 aromatic rings. The zero-order valence-corrected chi connectivity index (χ0v) is 20.3. The van der Waals surface area contributed by atoms with E-state index in [9.17, 15) is 0 Å². The maximum absolute atomic E-state index is 7.32. The standard InChI is InChI=1S/C26H36ClN.C2H3N/c1-21(2)28(20-18-22-7-4-3-5-8-22)19-6-9-23-10-12-24(13-11-23)25-14-16-26(27)17-15-25;1-2-3/h3-5,7-8,10-13,21,25-26H,6,9,14-20H2,1-2H3;1H3. The zero-order chi connectivity index (χ0) is 22.5. The van der Waals surface area contributed by atoms with Gasteiger partial charge < -0.3 is 4.90 Å². The van der Waals surface area contributed by atoms with Crippen molar-refractivity contribution in [1.82, 2.24) is 4.90 Å². The number of hydrogen-bond donors (Lipinski definition) is 0. The summed E-state index contributed by atoms with van der Waals surface area (Å²) in [5, 5.41) is 7.72. The molecule has 1 fully saturated rings. The van der Waals surface area contributed by atoms with E-state index >= 15 is 0 Å². The Morgan fingerprint density at radius 1 is 0.903 bits per heavy atom. The third kappa shape index (κ3) is 9.46. The van der Waals surface area contributed by atoms with E-state index in [0.29, 0.717) is 11.4 Å². The minimum absolute atomic E-state index is 0.404. The summed E-state index contributed by atoms with van der Waals surface area (Å²) in [7, 11) is 0. The lowest BCUT2D eigenvalue weighted by Gasteiger charge is -2.27. The smallest absolute Gasteiger partial charge is 0.0587 e. The van der Waals surface area contributed by atoms with E-state index in [4.69, 9.17) is 16.9 Å². The van der Waals surface area contributed by atoms with Crippen molar-refractivity contribution in [3.8, 4) is 6.07 Å². The Bertz CT molecular complexity index is 756. The van der Waals surface area contributed by atoms with Crippen molar-refractivity contribution in [3.05, 3.63) is 71.3 Å². The zero-order valence-electron chi connectivity index (χ0n) is 19.6. The van der Waals surface area contributed by atoms with Crippen LogP contribution in [0.4, 0.5) is 0 Å². The Morgan fingerprint density at radius 2 is 1.48 bits per heavy atom. The largest absolute Gasteiger partial charge is 0.301 e. The Hall–Kier alpha value is -1.82. The summed E-state index contributed by atoms with van der Waals surface area (Å²) in [5.74, 6) is 0.721. The number of nitrogens with zero attached hydrogens (tertiary/aromatic N) is 2. The van der Waals surface area contributed by atoms with Crippen LogP contribution in [-0.4, -0.2) is 29.4 Å². The molecule has 0 amide bonds. The first-order valence-electron chi connectivity index (χ1n) is 11.8. The first kappa shape index (κ1) is 25.4. The van der Waals surface area contributed by atoms with Crippen LogP contribution in [-0.2, 0) is 12.8 Å². The second-order valence-corrected chi connectivity index (χ2v) is 9.50. The van der Waals surface area contributed by atoms with Gasteiger partial charge in [0, 0.05) is 24.9 Å². The van der Waals surface area contributed by atoms with Crippen LogP contribution in [0.15, 0.2) is 54.6 Å². The molecule has 1 aliphatic rings. The molecule has 0 saturated heterocycles. The lowest BCUT2D eigenvalue weighted by atomic mass is 9.83. The van der Waals surface area contributed by atoms with E-state index in [2.05, 4.69) is 73.3 Å². The molecule has 3 heteroatoms. The van der Waals surface area contributed by atoms with Crippen LogP contribution >= 0.6 is 11.6 Å². The third-order valence-electron chi connectivity index (χ3n) is 6.28. The highest BCUT2D eigenvalue weighted by Gasteiger charge is 2.20. The second kappa shape index (κ2) is 14.3. The molecule has 0 radical (unpaired) electrons. The van der Waals surface area contributed by atoms with Gasteiger partial charge in [-0.3, -0.25) is 0 Å². The Morgan fingerprint density at radius 3 is 2.06 bits per heavy atom. The summed E-state index contributed by atoms with van der Waals surface area (Å²) in [6.45, 7) is 8.38. The molecule has 0 N–H and O–H groups in total. The highest BCUT2D eigenvalue weighted by atomic mass is 35.5. The molecule has 0 spiro atoms. The highest BCUT2D eigenvalue weighted by molar-refractivity contribution is 6.20. The molecule has 168 valence electrons. The van der Waals surface area contributed by atoms with Gasteiger partial charge in [-0.05, 0) is 87.9 Å². The number of hydrogen-bond acceptors (Lipinski definition) is 2. The van der Waals surface area contributed by atoms with Crippen LogP contribution in [0.5, 0.6) is 0 Å². The quantitative estimate of drug-likeness (QED) is 0.382. The van der Waals surface area contributed by atoms with Crippen LogP contribution in [0.1, 0.15) is 75.5 Å². The fraction of sp³-hybridized carbons (Fsp3) is 0.536. The van der Waals surface area contributed by atoms with E-state index in [-0.39, 0.29) is 0 Å². The molecule has 31 heavy (non-hydrogen) atoms. The Labute approximate surface area is 195 Å². The Balaban J connectivity index is 0.00000107. The monoisotopic (exact) mass is 438 g/mol. The fourth-order valence-corrected chi connectivity index (χ4v) is 4.63. The summed E-state index contributed by atoms with van der Waals surface area (Å²) < 4.78 is 0. The van der Waals surface area contributed by atoms with Crippen molar-refractivity contribution in [2.45, 2.75) is 83.1 Å². The topological polar surface area (TPSA) is 27.0 Å². The second-order valence-electron chi connectivity index (χ2n) is 8.88. The van der Waals surface area contributed by atoms with Crippen molar-refractivity contribution >= 4 is 11.6 Å². The average molecular weight is 439 g/mol. The molecule has 0 bridgehead atoms. The molecule has 2 nitrogen and oxygen atoms in total. The number of benzene rings is 2. The molecule has 1 saturated carbocycles. The predicted molar refractivity (Wildman–Crippen MR) is 134 cm³/mol. The molecule has 1 aliphatic carbocycles. The predicted octanol–water partition coefficient (Wildman–Crippen LogP) is 7.37. The van der Waals surface area contributed by atoms with Gasteiger partial charge in [0.15, 0.2) is 0 Å². The van der Waals surface area contributed by atoms with Gasteiger partial charge >= 0.3 is 0 Å². The number of alkyl halides is 1. The van der Waals surface area contributed by atoms with Crippen molar-refractivity contribution in [1.29, 1.82) is 5.26 Å². The summed E-state index contributed by atoms with van der Waals surface area (Å²) in [6.07, 6.45) is 8.37. The minimum atomic E-state index is 0.404.